The smallest absolute Gasteiger partial charge is 0.0704 e. The number of fused-ring (bicyclic) bond motifs is 2. The first-order chi connectivity index (χ1) is 12.4. The minimum atomic E-state index is 0.135. The van der Waals surface area contributed by atoms with Gasteiger partial charge in [0.05, 0.1) is 17.2 Å². The van der Waals surface area contributed by atoms with Crippen LogP contribution in [0.15, 0.2) is 61.1 Å². The van der Waals surface area contributed by atoms with Gasteiger partial charge in [-0.25, -0.2) is 4.52 Å². The quantitative estimate of drug-likeness (QED) is 0.490. The lowest BCUT2D eigenvalue weighted by Crippen LogP contribution is -2.11. The number of para-hydroxylation sites is 1. The van der Waals surface area contributed by atoms with E-state index < -0.39 is 0 Å². The van der Waals surface area contributed by atoms with Gasteiger partial charge in [0.15, 0.2) is 0 Å². The van der Waals surface area contributed by atoms with E-state index in [0.717, 1.165) is 11.9 Å². The Morgan fingerprint density at radius 2 is 1.88 bits per heavy atom. The highest BCUT2D eigenvalue weighted by molar-refractivity contribution is 5.82. The minimum Gasteiger partial charge on any atom is -0.256 e. The molecule has 26 heavy (non-hydrogen) atoms. The van der Waals surface area contributed by atoms with E-state index >= 15 is 0 Å². The molecule has 0 radical (unpaired) electrons. The monoisotopic (exact) mass is 343 g/mol. The summed E-state index contributed by atoms with van der Waals surface area (Å²) in [5.41, 5.74) is 6.39. The topological polar surface area (TPSA) is 30.2 Å². The van der Waals surface area contributed by atoms with Crippen LogP contribution in [0.3, 0.4) is 0 Å². The predicted octanol–water partition coefficient (Wildman–Crippen LogP) is 5.53. The molecule has 3 heterocycles. The van der Waals surface area contributed by atoms with Crippen LogP contribution >= 0.6 is 0 Å². The van der Waals surface area contributed by atoms with Crippen molar-refractivity contribution in [1.82, 2.24) is 14.6 Å². The van der Waals surface area contributed by atoms with Crippen molar-refractivity contribution in [2.75, 3.05) is 0 Å². The SMILES string of the molecule is CC(Cc1cnn2ccc(C(C)(C)C)cc12)c1ccnc2ccccc12. The number of aromatic nitrogens is 3. The van der Waals surface area contributed by atoms with Gasteiger partial charge < -0.3 is 0 Å². The third-order valence-electron chi connectivity index (χ3n) is 5.21. The summed E-state index contributed by atoms with van der Waals surface area (Å²) in [7, 11) is 0. The average molecular weight is 343 g/mol. The standard InChI is InChI=1S/C23H25N3/c1-16(19-9-11-24-21-8-6-5-7-20(19)21)13-17-15-25-26-12-10-18(14-22(17)26)23(2,3)4/h5-12,14-16H,13H2,1-4H3. The van der Waals surface area contributed by atoms with Crippen LogP contribution in [0.25, 0.3) is 16.4 Å². The maximum Gasteiger partial charge on any atom is 0.0704 e. The van der Waals surface area contributed by atoms with Gasteiger partial charge in [0.25, 0.3) is 0 Å². The lowest BCUT2D eigenvalue weighted by molar-refractivity contribution is 0.589. The van der Waals surface area contributed by atoms with Crippen molar-refractivity contribution in [1.29, 1.82) is 0 Å². The summed E-state index contributed by atoms with van der Waals surface area (Å²) in [5, 5.41) is 5.80. The van der Waals surface area contributed by atoms with Gasteiger partial charge in [0.1, 0.15) is 0 Å². The Bertz CT molecular complexity index is 1060. The molecule has 0 N–H and O–H groups in total. The van der Waals surface area contributed by atoms with E-state index in [2.05, 4.69) is 80.4 Å². The summed E-state index contributed by atoms with van der Waals surface area (Å²) in [6, 6.07) is 15.0. The molecule has 1 unspecified atom stereocenters. The van der Waals surface area contributed by atoms with Gasteiger partial charge in [0.2, 0.25) is 0 Å². The molecule has 0 aliphatic carbocycles. The Labute approximate surface area is 154 Å². The highest BCUT2D eigenvalue weighted by Crippen LogP contribution is 2.29. The van der Waals surface area contributed by atoms with Gasteiger partial charge in [-0.1, -0.05) is 45.9 Å². The van der Waals surface area contributed by atoms with Gasteiger partial charge in [-0.05, 0) is 58.7 Å². The molecule has 0 spiro atoms. The van der Waals surface area contributed by atoms with Crippen molar-refractivity contribution < 1.29 is 0 Å². The van der Waals surface area contributed by atoms with E-state index in [1.165, 1.54) is 27.6 Å². The lowest BCUT2D eigenvalue weighted by Gasteiger charge is -2.19. The molecule has 1 aromatic carbocycles. The van der Waals surface area contributed by atoms with Crippen LogP contribution in [0.4, 0.5) is 0 Å². The highest BCUT2D eigenvalue weighted by atomic mass is 15.2. The molecule has 0 saturated heterocycles. The summed E-state index contributed by atoms with van der Waals surface area (Å²) < 4.78 is 1.99. The number of rotatable bonds is 3. The van der Waals surface area contributed by atoms with Crippen molar-refractivity contribution in [3.63, 3.8) is 0 Å². The minimum absolute atomic E-state index is 0.135. The molecular formula is C23H25N3. The zero-order valence-electron chi connectivity index (χ0n) is 15.9. The summed E-state index contributed by atoms with van der Waals surface area (Å²) in [5.74, 6) is 0.397. The molecule has 132 valence electrons. The number of hydrogen-bond acceptors (Lipinski definition) is 2. The molecule has 0 bridgehead atoms. The molecule has 0 fully saturated rings. The number of nitrogens with zero attached hydrogens (tertiary/aromatic N) is 3. The second-order valence-corrected chi connectivity index (χ2v) is 8.19. The van der Waals surface area contributed by atoms with E-state index in [9.17, 15) is 0 Å². The Hall–Kier alpha value is -2.68. The summed E-state index contributed by atoms with van der Waals surface area (Å²) in [4.78, 5) is 4.49. The zero-order chi connectivity index (χ0) is 18.3. The fourth-order valence-corrected chi connectivity index (χ4v) is 3.64. The molecule has 4 rings (SSSR count). The first-order valence-corrected chi connectivity index (χ1v) is 9.24. The van der Waals surface area contributed by atoms with E-state index in [1.54, 1.807) is 0 Å². The zero-order valence-corrected chi connectivity index (χ0v) is 15.9. The Balaban J connectivity index is 1.72. The van der Waals surface area contributed by atoms with Gasteiger partial charge in [-0.15, -0.1) is 0 Å². The molecule has 4 aromatic rings. The van der Waals surface area contributed by atoms with Crippen molar-refractivity contribution >= 4 is 16.4 Å². The molecule has 1 atom stereocenters. The molecule has 0 amide bonds. The first-order valence-electron chi connectivity index (χ1n) is 9.24. The normalized spacial score (nSPS) is 13.4. The van der Waals surface area contributed by atoms with Gasteiger partial charge in [0, 0.05) is 17.8 Å². The Kier molecular flexibility index (Phi) is 4.03. The molecule has 0 saturated carbocycles. The number of hydrogen-bond donors (Lipinski definition) is 0. The van der Waals surface area contributed by atoms with E-state index in [0.29, 0.717) is 5.92 Å². The fraction of sp³-hybridized carbons (Fsp3) is 0.304. The predicted molar refractivity (Wildman–Crippen MR) is 108 cm³/mol. The molecule has 3 aromatic heterocycles. The second-order valence-electron chi connectivity index (χ2n) is 8.19. The lowest BCUT2D eigenvalue weighted by atomic mass is 9.87. The largest absolute Gasteiger partial charge is 0.256 e. The maximum atomic E-state index is 4.56. The van der Waals surface area contributed by atoms with Crippen molar-refractivity contribution in [3.05, 3.63) is 77.7 Å². The number of benzene rings is 1. The summed E-state index contributed by atoms with van der Waals surface area (Å²) >= 11 is 0. The Morgan fingerprint density at radius 3 is 2.69 bits per heavy atom. The first kappa shape index (κ1) is 16.8. The van der Waals surface area contributed by atoms with E-state index in [4.69, 9.17) is 0 Å². The van der Waals surface area contributed by atoms with Crippen LogP contribution in [0.2, 0.25) is 0 Å². The second kappa shape index (κ2) is 6.24. The van der Waals surface area contributed by atoms with Crippen LogP contribution in [0.1, 0.15) is 50.3 Å². The van der Waals surface area contributed by atoms with Crippen LogP contribution in [-0.4, -0.2) is 14.6 Å². The summed E-state index contributed by atoms with van der Waals surface area (Å²) in [6.45, 7) is 9.04. The van der Waals surface area contributed by atoms with Crippen molar-refractivity contribution in [3.8, 4) is 0 Å². The Morgan fingerprint density at radius 1 is 1.08 bits per heavy atom. The molecule has 0 aliphatic rings. The maximum absolute atomic E-state index is 4.56. The van der Waals surface area contributed by atoms with Crippen LogP contribution < -0.4 is 0 Å². The molecular weight excluding hydrogens is 318 g/mol. The average Bonchev–Trinajstić information content (AvgIpc) is 3.02. The highest BCUT2D eigenvalue weighted by Gasteiger charge is 2.17. The van der Waals surface area contributed by atoms with Crippen molar-refractivity contribution in [2.45, 2.75) is 45.4 Å². The van der Waals surface area contributed by atoms with Gasteiger partial charge >= 0.3 is 0 Å². The van der Waals surface area contributed by atoms with Gasteiger partial charge in [-0.2, -0.15) is 5.10 Å². The van der Waals surface area contributed by atoms with Crippen LogP contribution in [0.5, 0.6) is 0 Å². The van der Waals surface area contributed by atoms with Gasteiger partial charge in [-0.3, -0.25) is 4.98 Å². The fourth-order valence-electron chi connectivity index (χ4n) is 3.64. The van der Waals surface area contributed by atoms with Crippen LogP contribution in [0, 0.1) is 0 Å². The third-order valence-corrected chi connectivity index (χ3v) is 5.21. The summed E-state index contributed by atoms with van der Waals surface area (Å²) in [6.07, 6.45) is 6.97. The van der Waals surface area contributed by atoms with E-state index in [-0.39, 0.29) is 5.41 Å². The van der Waals surface area contributed by atoms with E-state index in [1.807, 2.05) is 23.0 Å². The molecule has 0 aliphatic heterocycles. The van der Waals surface area contributed by atoms with Crippen LogP contribution in [-0.2, 0) is 11.8 Å². The third kappa shape index (κ3) is 2.98. The molecule has 3 heteroatoms. The number of pyridine rings is 2. The van der Waals surface area contributed by atoms with Crippen molar-refractivity contribution in [2.24, 2.45) is 0 Å². The molecule has 3 nitrogen and oxygen atoms in total.